The first kappa shape index (κ1) is 12.9. The third kappa shape index (κ3) is 2.11. The number of aromatic amines is 1. The molecule has 0 spiro atoms. The number of aliphatic hydroxyl groups is 1. The molecule has 1 fully saturated rings. The van der Waals surface area contributed by atoms with Crippen LogP contribution < -0.4 is 4.90 Å². The van der Waals surface area contributed by atoms with Crippen molar-refractivity contribution in [3.05, 3.63) is 40.7 Å². The summed E-state index contributed by atoms with van der Waals surface area (Å²) in [4.78, 5) is 2.02. The summed E-state index contributed by atoms with van der Waals surface area (Å²) in [5.74, 6) is 0. The van der Waals surface area contributed by atoms with Gasteiger partial charge in [0, 0.05) is 18.7 Å². The van der Waals surface area contributed by atoms with E-state index >= 15 is 0 Å². The summed E-state index contributed by atoms with van der Waals surface area (Å²) in [6.07, 6.45) is 2.10. The fourth-order valence-electron chi connectivity index (χ4n) is 2.44. The average Bonchev–Trinajstić information content (AvgIpc) is 3.08. The van der Waals surface area contributed by atoms with Gasteiger partial charge in [0.1, 0.15) is 17.4 Å². The van der Waals surface area contributed by atoms with Crippen molar-refractivity contribution in [2.24, 2.45) is 0 Å². The number of hydrogen-bond acceptors (Lipinski definition) is 5. The molecular formula is C13H12ClN5O. The zero-order chi connectivity index (χ0) is 14.2. The van der Waals surface area contributed by atoms with Crippen LogP contribution in [0.4, 0.5) is 5.69 Å². The van der Waals surface area contributed by atoms with E-state index in [1.165, 1.54) is 6.20 Å². The van der Waals surface area contributed by atoms with Crippen LogP contribution in [-0.4, -0.2) is 33.6 Å². The van der Waals surface area contributed by atoms with Crippen molar-refractivity contribution in [2.75, 3.05) is 18.0 Å². The highest BCUT2D eigenvalue weighted by atomic mass is 35.5. The second-order valence-corrected chi connectivity index (χ2v) is 5.24. The van der Waals surface area contributed by atoms with Gasteiger partial charge in [0.25, 0.3) is 0 Å². The number of anilines is 1. The SMILES string of the molecule is N#Cc1ccc(N2CCC(O)(c3cn[nH]n3)C2)cc1Cl. The first-order chi connectivity index (χ1) is 9.62. The molecule has 0 radical (unpaired) electrons. The lowest BCUT2D eigenvalue weighted by Crippen LogP contribution is -2.31. The molecule has 2 N–H and O–H groups in total. The van der Waals surface area contributed by atoms with Gasteiger partial charge in [-0.3, -0.25) is 0 Å². The molecule has 7 heteroatoms. The zero-order valence-corrected chi connectivity index (χ0v) is 11.3. The van der Waals surface area contributed by atoms with E-state index in [0.717, 1.165) is 5.69 Å². The van der Waals surface area contributed by atoms with E-state index in [1.807, 2.05) is 17.0 Å². The van der Waals surface area contributed by atoms with E-state index in [4.69, 9.17) is 16.9 Å². The summed E-state index contributed by atoms with van der Waals surface area (Å²) in [6.45, 7) is 1.10. The topological polar surface area (TPSA) is 88.8 Å². The van der Waals surface area contributed by atoms with Gasteiger partial charge < -0.3 is 10.0 Å². The van der Waals surface area contributed by atoms with Crippen LogP contribution in [0.5, 0.6) is 0 Å². The minimum absolute atomic E-state index is 0.418. The highest BCUT2D eigenvalue weighted by Gasteiger charge is 2.39. The summed E-state index contributed by atoms with van der Waals surface area (Å²) >= 11 is 6.04. The number of halogens is 1. The normalized spacial score (nSPS) is 21.9. The summed E-state index contributed by atoms with van der Waals surface area (Å²) in [6, 6.07) is 7.29. The van der Waals surface area contributed by atoms with Crippen LogP contribution in [-0.2, 0) is 5.60 Å². The van der Waals surface area contributed by atoms with E-state index in [1.54, 1.807) is 12.1 Å². The number of nitriles is 1. The molecular weight excluding hydrogens is 278 g/mol. The van der Waals surface area contributed by atoms with Crippen molar-refractivity contribution < 1.29 is 5.11 Å². The van der Waals surface area contributed by atoms with Gasteiger partial charge >= 0.3 is 0 Å². The Kier molecular flexibility index (Phi) is 3.08. The van der Waals surface area contributed by atoms with Crippen molar-refractivity contribution >= 4 is 17.3 Å². The van der Waals surface area contributed by atoms with Gasteiger partial charge in [0.15, 0.2) is 0 Å². The average molecular weight is 290 g/mol. The molecule has 0 amide bonds. The summed E-state index contributed by atoms with van der Waals surface area (Å²) in [7, 11) is 0. The molecule has 102 valence electrons. The molecule has 2 aromatic rings. The maximum absolute atomic E-state index is 10.6. The minimum atomic E-state index is -1.01. The lowest BCUT2D eigenvalue weighted by molar-refractivity contribution is 0.0560. The molecule has 1 atom stereocenters. The van der Waals surface area contributed by atoms with E-state index in [2.05, 4.69) is 15.4 Å². The number of β-amino-alcohol motifs (C(OH)–C–C–N with tert-alkyl or cyclic N) is 1. The molecule has 6 nitrogen and oxygen atoms in total. The number of H-pyrrole nitrogens is 1. The van der Waals surface area contributed by atoms with Crippen molar-refractivity contribution in [3.8, 4) is 6.07 Å². The predicted molar refractivity (Wildman–Crippen MR) is 73.3 cm³/mol. The van der Waals surface area contributed by atoms with Crippen LogP contribution in [0.2, 0.25) is 5.02 Å². The fraction of sp³-hybridized carbons (Fsp3) is 0.308. The first-order valence-electron chi connectivity index (χ1n) is 6.16. The molecule has 1 unspecified atom stereocenters. The third-order valence-electron chi connectivity index (χ3n) is 3.58. The molecule has 0 aliphatic carbocycles. The van der Waals surface area contributed by atoms with E-state index in [9.17, 15) is 5.11 Å². The molecule has 0 bridgehead atoms. The quantitative estimate of drug-likeness (QED) is 0.873. The van der Waals surface area contributed by atoms with Crippen molar-refractivity contribution in [2.45, 2.75) is 12.0 Å². The van der Waals surface area contributed by atoms with Crippen molar-refractivity contribution in [1.29, 1.82) is 5.26 Å². The highest BCUT2D eigenvalue weighted by Crippen LogP contribution is 2.34. The second-order valence-electron chi connectivity index (χ2n) is 4.83. The molecule has 1 aromatic heterocycles. The number of nitrogens with zero attached hydrogens (tertiary/aromatic N) is 4. The van der Waals surface area contributed by atoms with E-state index in [0.29, 0.717) is 35.8 Å². The monoisotopic (exact) mass is 289 g/mol. The van der Waals surface area contributed by atoms with Crippen LogP contribution in [0.15, 0.2) is 24.4 Å². The van der Waals surface area contributed by atoms with Crippen LogP contribution in [0.25, 0.3) is 0 Å². The van der Waals surface area contributed by atoms with Gasteiger partial charge in [-0.2, -0.15) is 20.7 Å². The largest absolute Gasteiger partial charge is 0.381 e. The first-order valence-corrected chi connectivity index (χ1v) is 6.53. The fourth-order valence-corrected chi connectivity index (χ4v) is 2.66. The number of aromatic nitrogens is 3. The Morgan fingerprint density at radius 1 is 1.50 bits per heavy atom. The van der Waals surface area contributed by atoms with Crippen LogP contribution >= 0.6 is 11.6 Å². The van der Waals surface area contributed by atoms with Crippen LogP contribution in [0.3, 0.4) is 0 Å². The lowest BCUT2D eigenvalue weighted by atomic mass is 10.00. The zero-order valence-electron chi connectivity index (χ0n) is 10.5. The summed E-state index contributed by atoms with van der Waals surface area (Å²) < 4.78 is 0. The van der Waals surface area contributed by atoms with Gasteiger partial charge in [-0.25, -0.2) is 0 Å². The number of benzene rings is 1. The molecule has 1 aliphatic heterocycles. The van der Waals surface area contributed by atoms with Crippen molar-refractivity contribution in [3.63, 3.8) is 0 Å². The van der Waals surface area contributed by atoms with Gasteiger partial charge in [0.2, 0.25) is 0 Å². The number of nitrogens with one attached hydrogen (secondary N) is 1. The lowest BCUT2D eigenvalue weighted by Gasteiger charge is -2.22. The number of hydrogen-bond donors (Lipinski definition) is 2. The van der Waals surface area contributed by atoms with Crippen molar-refractivity contribution in [1.82, 2.24) is 15.4 Å². The number of rotatable bonds is 2. The standard InChI is InChI=1S/C13H12ClN5O/c14-11-5-10(2-1-9(11)6-15)19-4-3-13(20,8-19)12-7-16-18-17-12/h1-2,5,7,20H,3-4,8H2,(H,16,17,18). The molecule has 1 saturated heterocycles. The smallest absolute Gasteiger partial charge is 0.129 e. The van der Waals surface area contributed by atoms with Gasteiger partial charge in [0.05, 0.1) is 23.3 Å². The molecule has 2 heterocycles. The minimum Gasteiger partial charge on any atom is -0.381 e. The Morgan fingerprint density at radius 2 is 2.35 bits per heavy atom. The molecule has 1 aromatic carbocycles. The maximum atomic E-state index is 10.6. The van der Waals surface area contributed by atoms with E-state index < -0.39 is 5.60 Å². The Morgan fingerprint density at radius 3 is 3.00 bits per heavy atom. The van der Waals surface area contributed by atoms with Gasteiger partial charge in [-0.1, -0.05) is 11.6 Å². The van der Waals surface area contributed by atoms with Crippen LogP contribution in [0.1, 0.15) is 17.7 Å². The van der Waals surface area contributed by atoms with Crippen LogP contribution in [0, 0.1) is 11.3 Å². The Balaban J connectivity index is 1.84. The Labute approximate surface area is 120 Å². The Hall–Kier alpha value is -2.10. The summed E-state index contributed by atoms with van der Waals surface area (Å²) in [5.41, 5.74) is 0.863. The van der Waals surface area contributed by atoms with Gasteiger partial charge in [-0.05, 0) is 18.2 Å². The second kappa shape index (κ2) is 4.78. The molecule has 20 heavy (non-hydrogen) atoms. The molecule has 1 aliphatic rings. The summed E-state index contributed by atoms with van der Waals surface area (Å²) in [5, 5.41) is 30.1. The third-order valence-corrected chi connectivity index (χ3v) is 3.89. The Bertz CT molecular complexity index is 666. The predicted octanol–water partition coefficient (Wildman–Crippen LogP) is 1.43. The van der Waals surface area contributed by atoms with E-state index in [-0.39, 0.29) is 0 Å². The maximum Gasteiger partial charge on any atom is 0.129 e. The van der Waals surface area contributed by atoms with Gasteiger partial charge in [-0.15, -0.1) is 0 Å². The molecule has 0 saturated carbocycles. The highest BCUT2D eigenvalue weighted by molar-refractivity contribution is 6.32. The molecule has 3 rings (SSSR count).